The van der Waals surface area contributed by atoms with Crippen molar-refractivity contribution in [1.82, 2.24) is 4.98 Å². The molecule has 2 aromatic rings. The van der Waals surface area contributed by atoms with Crippen LogP contribution in [-0.4, -0.2) is 17.7 Å². The number of hydrogen-bond acceptors (Lipinski definition) is 5. The molecule has 1 N–H and O–H groups in total. The number of amides is 1. The van der Waals surface area contributed by atoms with Crippen molar-refractivity contribution < 1.29 is 9.53 Å². The lowest BCUT2D eigenvalue weighted by Crippen LogP contribution is -2.18. The van der Waals surface area contributed by atoms with E-state index in [1.807, 2.05) is 22.9 Å². The van der Waals surface area contributed by atoms with Gasteiger partial charge in [-0.15, -0.1) is 22.7 Å². The second-order valence-corrected chi connectivity index (χ2v) is 6.96. The lowest BCUT2D eigenvalue weighted by Gasteiger charge is -2.14. The van der Waals surface area contributed by atoms with Crippen LogP contribution in [0.4, 0.5) is 9.93 Å². The quantitative estimate of drug-likeness (QED) is 0.678. The number of thiophene rings is 1. The van der Waals surface area contributed by atoms with Crippen molar-refractivity contribution in [3.05, 3.63) is 22.9 Å². The molecule has 2 aromatic heterocycles. The molecule has 0 saturated heterocycles. The normalized spacial score (nSPS) is 12.1. The van der Waals surface area contributed by atoms with E-state index in [-0.39, 0.29) is 0 Å². The van der Waals surface area contributed by atoms with E-state index in [1.54, 1.807) is 11.3 Å². The van der Waals surface area contributed by atoms with Crippen molar-refractivity contribution >= 4 is 33.9 Å². The number of carbonyl (C=O) groups is 1. The molecule has 6 heteroatoms. The third kappa shape index (κ3) is 5.10. The summed E-state index contributed by atoms with van der Waals surface area (Å²) in [6, 6.07) is 4.00. The van der Waals surface area contributed by atoms with Crippen LogP contribution in [0.1, 0.15) is 39.5 Å². The monoisotopic (exact) mass is 338 g/mol. The molecule has 1 amide bonds. The van der Waals surface area contributed by atoms with Gasteiger partial charge in [-0.1, -0.05) is 39.2 Å². The molecule has 0 spiro atoms. The van der Waals surface area contributed by atoms with E-state index in [4.69, 9.17) is 4.74 Å². The van der Waals surface area contributed by atoms with Gasteiger partial charge in [-0.2, -0.15) is 0 Å². The molecule has 120 valence electrons. The van der Waals surface area contributed by atoms with Gasteiger partial charge in [0.25, 0.3) is 0 Å². The molecule has 4 nitrogen and oxygen atoms in total. The minimum Gasteiger partial charge on any atom is -0.449 e. The van der Waals surface area contributed by atoms with Crippen LogP contribution < -0.4 is 5.32 Å². The number of anilines is 1. The van der Waals surface area contributed by atoms with Gasteiger partial charge in [-0.3, -0.25) is 5.32 Å². The Morgan fingerprint density at radius 1 is 1.41 bits per heavy atom. The second kappa shape index (κ2) is 8.90. The van der Waals surface area contributed by atoms with Gasteiger partial charge < -0.3 is 4.74 Å². The van der Waals surface area contributed by atoms with Gasteiger partial charge in [0.2, 0.25) is 0 Å². The van der Waals surface area contributed by atoms with E-state index in [9.17, 15) is 4.79 Å². The van der Waals surface area contributed by atoms with Crippen LogP contribution in [0, 0.1) is 5.92 Å². The van der Waals surface area contributed by atoms with Crippen LogP contribution in [-0.2, 0) is 4.74 Å². The molecule has 0 aliphatic carbocycles. The number of carbonyl (C=O) groups excluding carboxylic acids is 1. The first-order valence-corrected chi connectivity index (χ1v) is 9.42. The molecular weight excluding hydrogens is 316 g/mol. The third-order valence-corrected chi connectivity index (χ3v) is 5.13. The molecule has 0 bridgehead atoms. The molecule has 1 unspecified atom stereocenters. The average Bonchev–Trinajstić information content (AvgIpc) is 3.18. The summed E-state index contributed by atoms with van der Waals surface area (Å²) in [6.07, 6.45) is 4.09. The molecule has 2 heterocycles. The highest BCUT2D eigenvalue weighted by atomic mass is 32.1. The van der Waals surface area contributed by atoms with Crippen molar-refractivity contribution in [2.75, 3.05) is 11.9 Å². The van der Waals surface area contributed by atoms with Crippen molar-refractivity contribution in [2.45, 2.75) is 39.5 Å². The highest BCUT2D eigenvalue weighted by molar-refractivity contribution is 7.16. The zero-order valence-corrected chi connectivity index (χ0v) is 14.6. The maximum atomic E-state index is 11.8. The largest absolute Gasteiger partial charge is 0.449 e. The van der Waals surface area contributed by atoms with Gasteiger partial charge in [0, 0.05) is 5.38 Å². The number of nitrogens with zero attached hydrogens (tertiary/aromatic N) is 1. The maximum Gasteiger partial charge on any atom is 0.413 e. The van der Waals surface area contributed by atoms with Crippen LogP contribution in [0.3, 0.4) is 0 Å². The van der Waals surface area contributed by atoms with Gasteiger partial charge in [0.05, 0.1) is 17.2 Å². The number of nitrogens with one attached hydrogen (secondary N) is 1. The minimum atomic E-state index is -0.415. The Morgan fingerprint density at radius 2 is 2.27 bits per heavy atom. The first kappa shape index (κ1) is 17.0. The molecule has 0 aliphatic heterocycles. The molecular formula is C16H22N2O2S2. The first-order chi connectivity index (χ1) is 10.7. The number of aromatic nitrogens is 1. The second-order valence-electron chi connectivity index (χ2n) is 5.16. The van der Waals surface area contributed by atoms with Crippen LogP contribution >= 0.6 is 22.7 Å². The summed E-state index contributed by atoms with van der Waals surface area (Å²) in [5, 5.41) is 7.24. The Kier molecular flexibility index (Phi) is 6.86. The number of unbranched alkanes of at least 4 members (excludes halogenated alkanes) is 1. The number of hydrogen-bond donors (Lipinski definition) is 1. The summed E-state index contributed by atoms with van der Waals surface area (Å²) < 4.78 is 5.32. The van der Waals surface area contributed by atoms with Gasteiger partial charge >= 0.3 is 6.09 Å². The van der Waals surface area contributed by atoms with Gasteiger partial charge in [-0.05, 0) is 23.8 Å². The van der Waals surface area contributed by atoms with Crippen molar-refractivity contribution in [3.8, 4) is 10.6 Å². The topological polar surface area (TPSA) is 51.2 Å². The van der Waals surface area contributed by atoms with E-state index in [0.29, 0.717) is 17.7 Å². The molecule has 0 radical (unpaired) electrons. The van der Waals surface area contributed by atoms with Crippen LogP contribution in [0.25, 0.3) is 10.6 Å². The number of thiazole rings is 1. The van der Waals surface area contributed by atoms with Crippen molar-refractivity contribution in [1.29, 1.82) is 0 Å². The molecule has 1 atom stereocenters. The van der Waals surface area contributed by atoms with Gasteiger partial charge in [-0.25, -0.2) is 9.78 Å². The number of ether oxygens (including phenoxy) is 1. The third-order valence-electron chi connectivity index (χ3n) is 3.48. The Hall–Kier alpha value is -1.40. The fourth-order valence-corrected chi connectivity index (χ4v) is 3.54. The highest BCUT2D eigenvalue weighted by Crippen LogP contribution is 2.28. The Bertz CT molecular complexity index is 566. The zero-order chi connectivity index (χ0) is 15.8. The lowest BCUT2D eigenvalue weighted by atomic mass is 10.0. The van der Waals surface area contributed by atoms with Gasteiger partial charge in [0.1, 0.15) is 0 Å². The molecule has 0 aliphatic rings. The Morgan fingerprint density at radius 3 is 2.95 bits per heavy atom. The average molecular weight is 338 g/mol. The highest BCUT2D eigenvalue weighted by Gasteiger charge is 2.12. The summed E-state index contributed by atoms with van der Waals surface area (Å²) in [5.41, 5.74) is 0.893. The molecule has 0 fully saturated rings. The van der Waals surface area contributed by atoms with E-state index in [1.165, 1.54) is 24.2 Å². The molecule has 2 rings (SSSR count). The van der Waals surface area contributed by atoms with E-state index < -0.39 is 6.09 Å². The summed E-state index contributed by atoms with van der Waals surface area (Å²) in [4.78, 5) is 17.3. The molecule has 22 heavy (non-hydrogen) atoms. The Balaban J connectivity index is 1.79. The van der Waals surface area contributed by atoms with E-state index in [2.05, 4.69) is 24.1 Å². The predicted octanol–water partition coefficient (Wildman–Crippen LogP) is 5.64. The fourth-order valence-electron chi connectivity index (χ4n) is 2.08. The zero-order valence-electron chi connectivity index (χ0n) is 13.0. The first-order valence-electron chi connectivity index (χ1n) is 7.66. The van der Waals surface area contributed by atoms with Crippen molar-refractivity contribution in [3.63, 3.8) is 0 Å². The maximum absolute atomic E-state index is 11.8. The summed E-state index contributed by atoms with van der Waals surface area (Å²) in [7, 11) is 0. The summed E-state index contributed by atoms with van der Waals surface area (Å²) in [5.74, 6) is 0.448. The summed E-state index contributed by atoms with van der Waals surface area (Å²) >= 11 is 3.05. The minimum absolute atomic E-state index is 0.415. The van der Waals surface area contributed by atoms with Crippen LogP contribution in [0.15, 0.2) is 22.9 Å². The van der Waals surface area contributed by atoms with Crippen molar-refractivity contribution in [2.24, 2.45) is 5.92 Å². The fraction of sp³-hybridized carbons (Fsp3) is 0.500. The SMILES string of the molecule is CCCCC(CC)COC(=O)Nc1nc(-c2cccs2)cs1. The van der Waals surface area contributed by atoms with Crippen LogP contribution in [0.5, 0.6) is 0 Å². The molecule has 0 aromatic carbocycles. The van der Waals surface area contributed by atoms with E-state index >= 15 is 0 Å². The standard InChI is InChI=1S/C16H22N2O2S2/c1-3-5-7-12(4-2)10-20-16(19)18-15-17-13(11-22-15)14-8-6-9-21-14/h6,8-9,11-12H,3-5,7,10H2,1-2H3,(H,17,18,19). The number of rotatable bonds is 8. The predicted molar refractivity (Wildman–Crippen MR) is 93.7 cm³/mol. The van der Waals surface area contributed by atoms with Crippen LogP contribution in [0.2, 0.25) is 0 Å². The molecule has 0 saturated carbocycles. The van der Waals surface area contributed by atoms with E-state index in [0.717, 1.165) is 23.4 Å². The Labute approximate surface area is 139 Å². The van der Waals surface area contributed by atoms with Gasteiger partial charge in [0.15, 0.2) is 5.13 Å². The summed E-state index contributed by atoms with van der Waals surface area (Å²) in [6.45, 7) is 4.79. The smallest absolute Gasteiger partial charge is 0.413 e. The lowest BCUT2D eigenvalue weighted by molar-refractivity contribution is 0.136.